The second-order valence-corrected chi connectivity index (χ2v) is 5.34. The lowest BCUT2D eigenvalue weighted by Crippen LogP contribution is -2.20. The third-order valence-electron chi connectivity index (χ3n) is 0.949. The molecule has 0 bridgehead atoms. The van der Waals surface area contributed by atoms with Gasteiger partial charge in [0, 0.05) is 0 Å². The van der Waals surface area contributed by atoms with E-state index in [0.29, 0.717) is 0 Å². The first-order chi connectivity index (χ1) is 6.10. The highest BCUT2D eigenvalue weighted by atomic mass is 32.2. The summed E-state index contributed by atoms with van der Waals surface area (Å²) in [5.41, 5.74) is -0.225. The van der Waals surface area contributed by atoms with E-state index in [4.69, 9.17) is 4.55 Å². The number of ether oxygens (including phenoxy) is 2. The summed E-state index contributed by atoms with van der Waals surface area (Å²) in [5.74, 6) is -1.09. The highest BCUT2D eigenvalue weighted by Gasteiger charge is 2.16. The maximum atomic E-state index is 10.7. The fourth-order valence-electron chi connectivity index (χ4n) is 0.440. The summed E-state index contributed by atoms with van der Waals surface area (Å²) in [4.78, 5) is 10.7. The van der Waals surface area contributed by atoms with E-state index in [1.54, 1.807) is 0 Å². The Morgan fingerprint density at radius 2 is 1.79 bits per heavy atom. The minimum Gasteiger partial charge on any atom is -0.434 e. The van der Waals surface area contributed by atoms with Crippen LogP contribution in [-0.2, 0) is 19.6 Å². The van der Waals surface area contributed by atoms with E-state index in [1.807, 2.05) is 20.8 Å². The Hall–Kier alpha value is -0.820. The molecule has 14 heavy (non-hydrogen) atoms. The molecule has 1 N–H and O–H groups in total. The average Bonchev–Trinajstić information content (AvgIpc) is 1.94. The molecule has 0 aliphatic rings. The van der Waals surface area contributed by atoms with Crippen LogP contribution in [0.15, 0.2) is 0 Å². The second kappa shape index (κ2) is 4.61. The lowest BCUT2D eigenvalue weighted by atomic mass is 9.99. The smallest absolute Gasteiger partial charge is 0.434 e. The van der Waals surface area contributed by atoms with Crippen molar-refractivity contribution in [3.63, 3.8) is 0 Å². The third kappa shape index (κ3) is 9.27. The maximum absolute atomic E-state index is 10.7. The molecule has 0 aliphatic carbocycles. The van der Waals surface area contributed by atoms with E-state index in [2.05, 4.69) is 9.47 Å². The molecule has 0 radical (unpaired) electrons. The maximum Gasteiger partial charge on any atom is 0.509 e. The third-order valence-corrected chi connectivity index (χ3v) is 1.36. The molecule has 84 valence electrons. The van der Waals surface area contributed by atoms with Gasteiger partial charge >= 0.3 is 16.3 Å². The summed E-state index contributed by atoms with van der Waals surface area (Å²) < 4.78 is 37.2. The molecule has 0 amide bonds. The summed E-state index contributed by atoms with van der Waals surface area (Å²) in [5, 5.41) is 0. The van der Waals surface area contributed by atoms with Gasteiger partial charge in [-0.15, -0.1) is 0 Å². The molecule has 0 unspecified atom stereocenters. The first kappa shape index (κ1) is 13.2. The predicted molar refractivity (Wildman–Crippen MR) is 48.3 cm³/mol. The topological polar surface area (TPSA) is 89.9 Å². The SMILES string of the molecule is CC(C)(C)COC(=O)OCS(=O)(=O)O. The van der Waals surface area contributed by atoms with Crippen molar-refractivity contribution >= 4 is 16.3 Å². The van der Waals surface area contributed by atoms with Crippen LogP contribution in [0.3, 0.4) is 0 Å². The molecule has 0 heterocycles. The van der Waals surface area contributed by atoms with Gasteiger partial charge in [0.15, 0.2) is 0 Å². The summed E-state index contributed by atoms with van der Waals surface area (Å²) in [6.45, 7) is 5.62. The highest BCUT2D eigenvalue weighted by Crippen LogP contribution is 2.13. The number of carbonyl (C=O) groups is 1. The second-order valence-electron chi connectivity index (χ2n) is 3.94. The summed E-state index contributed by atoms with van der Waals surface area (Å²) in [6.07, 6.45) is -1.11. The van der Waals surface area contributed by atoms with Crippen LogP contribution in [0.4, 0.5) is 4.79 Å². The monoisotopic (exact) mass is 226 g/mol. The van der Waals surface area contributed by atoms with Crippen molar-refractivity contribution in [2.75, 3.05) is 12.5 Å². The van der Waals surface area contributed by atoms with Crippen molar-refractivity contribution in [2.45, 2.75) is 20.8 Å². The predicted octanol–water partition coefficient (Wildman–Crippen LogP) is 1.03. The normalized spacial score (nSPS) is 12.3. The molecule has 0 fully saturated rings. The molecule has 0 aliphatic heterocycles. The first-order valence-electron chi connectivity index (χ1n) is 3.85. The molecule has 0 atom stereocenters. The van der Waals surface area contributed by atoms with Gasteiger partial charge in [-0.2, -0.15) is 8.42 Å². The average molecular weight is 226 g/mol. The van der Waals surface area contributed by atoms with E-state index in [9.17, 15) is 13.2 Å². The van der Waals surface area contributed by atoms with E-state index in [1.165, 1.54) is 0 Å². The van der Waals surface area contributed by atoms with Gasteiger partial charge in [0.05, 0.1) is 6.61 Å². The minimum atomic E-state index is -4.30. The Morgan fingerprint density at radius 3 is 2.14 bits per heavy atom. The zero-order chi connectivity index (χ0) is 11.4. The lowest BCUT2D eigenvalue weighted by Gasteiger charge is -2.17. The Bertz CT molecular complexity index is 286. The largest absolute Gasteiger partial charge is 0.509 e. The van der Waals surface area contributed by atoms with Gasteiger partial charge in [-0.25, -0.2) is 4.79 Å². The Balaban J connectivity index is 3.79. The molecule has 0 aromatic carbocycles. The van der Waals surface area contributed by atoms with Crippen LogP contribution in [0.25, 0.3) is 0 Å². The molecular weight excluding hydrogens is 212 g/mol. The van der Waals surface area contributed by atoms with Crippen LogP contribution in [0.2, 0.25) is 0 Å². The van der Waals surface area contributed by atoms with Crippen molar-refractivity contribution in [1.82, 2.24) is 0 Å². The Kier molecular flexibility index (Phi) is 4.34. The highest BCUT2D eigenvalue weighted by molar-refractivity contribution is 7.85. The molecule has 0 saturated heterocycles. The van der Waals surface area contributed by atoms with Crippen LogP contribution in [0, 0.1) is 5.41 Å². The van der Waals surface area contributed by atoms with Crippen molar-refractivity contribution in [3.8, 4) is 0 Å². The number of rotatable bonds is 3. The van der Waals surface area contributed by atoms with Crippen molar-refractivity contribution < 1.29 is 27.2 Å². The Morgan fingerprint density at radius 1 is 1.29 bits per heavy atom. The Labute approximate surface area is 82.9 Å². The van der Waals surface area contributed by atoms with Crippen LogP contribution < -0.4 is 0 Å². The summed E-state index contributed by atoms with van der Waals surface area (Å²) in [6, 6.07) is 0. The van der Waals surface area contributed by atoms with E-state index in [0.717, 1.165) is 0 Å². The standard InChI is InChI=1S/C7H14O6S/c1-7(2,3)4-12-6(8)13-5-14(9,10)11/h4-5H2,1-3H3,(H,9,10,11). The molecule has 0 aromatic heterocycles. The van der Waals surface area contributed by atoms with Crippen LogP contribution in [-0.4, -0.2) is 31.7 Å². The van der Waals surface area contributed by atoms with Crippen molar-refractivity contribution in [2.24, 2.45) is 5.41 Å². The van der Waals surface area contributed by atoms with Crippen LogP contribution in [0.5, 0.6) is 0 Å². The minimum absolute atomic E-state index is 0.108. The van der Waals surface area contributed by atoms with Gasteiger partial charge in [-0.05, 0) is 5.41 Å². The molecule has 7 heteroatoms. The van der Waals surface area contributed by atoms with Crippen LogP contribution >= 0.6 is 0 Å². The quantitative estimate of drug-likeness (QED) is 0.571. The summed E-state index contributed by atoms with van der Waals surface area (Å²) in [7, 11) is -4.30. The zero-order valence-electron chi connectivity index (χ0n) is 8.31. The zero-order valence-corrected chi connectivity index (χ0v) is 9.13. The van der Waals surface area contributed by atoms with Crippen molar-refractivity contribution in [3.05, 3.63) is 0 Å². The molecular formula is C7H14O6S. The van der Waals surface area contributed by atoms with Gasteiger partial charge in [-0.1, -0.05) is 20.8 Å². The molecule has 6 nitrogen and oxygen atoms in total. The number of carbonyl (C=O) groups excluding carboxylic acids is 1. The fourth-order valence-corrected chi connectivity index (χ4v) is 0.685. The first-order valence-corrected chi connectivity index (χ1v) is 5.46. The van der Waals surface area contributed by atoms with Gasteiger partial charge in [0.2, 0.25) is 5.94 Å². The van der Waals surface area contributed by atoms with Gasteiger partial charge in [0.25, 0.3) is 0 Å². The molecule has 0 spiro atoms. The fraction of sp³-hybridized carbons (Fsp3) is 0.857. The van der Waals surface area contributed by atoms with Crippen molar-refractivity contribution in [1.29, 1.82) is 0 Å². The van der Waals surface area contributed by atoms with E-state index in [-0.39, 0.29) is 12.0 Å². The number of hydrogen-bond acceptors (Lipinski definition) is 5. The molecule has 0 saturated carbocycles. The molecule has 0 aromatic rings. The van der Waals surface area contributed by atoms with Crippen LogP contribution in [0.1, 0.15) is 20.8 Å². The number of hydrogen-bond donors (Lipinski definition) is 1. The lowest BCUT2D eigenvalue weighted by molar-refractivity contribution is 0.0420. The van der Waals surface area contributed by atoms with E-state index >= 15 is 0 Å². The van der Waals surface area contributed by atoms with Gasteiger partial charge in [0.1, 0.15) is 0 Å². The van der Waals surface area contributed by atoms with Gasteiger partial charge < -0.3 is 9.47 Å². The molecule has 0 rings (SSSR count). The summed E-state index contributed by atoms with van der Waals surface area (Å²) >= 11 is 0. The van der Waals surface area contributed by atoms with E-state index < -0.39 is 22.2 Å². The van der Waals surface area contributed by atoms with Gasteiger partial charge in [-0.3, -0.25) is 4.55 Å².